The Morgan fingerprint density at radius 1 is 1.43 bits per heavy atom. The molecule has 2 aromatic rings. The molecule has 3 N–H and O–H groups in total. The SMILES string of the molecule is Cc1ccc(C(=O)NC(C)CC[C@H]2CC3(CSC(N)=N3)c3cc(Br)ccc3O2)cn1. The van der Waals surface area contributed by atoms with Crippen LogP contribution in [0.5, 0.6) is 5.75 Å². The number of hydrogen-bond acceptors (Lipinski definition) is 6. The van der Waals surface area contributed by atoms with Crippen molar-refractivity contribution in [2.75, 3.05) is 5.75 Å². The summed E-state index contributed by atoms with van der Waals surface area (Å²) in [5, 5.41) is 3.69. The van der Waals surface area contributed by atoms with Gasteiger partial charge in [0.1, 0.15) is 17.4 Å². The van der Waals surface area contributed by atoms with E-state index in [2.05, 4.69) is 32.3 Å². The van der Waals surface area contributed by atoms with Crippen molar-refractivity contribution in [2.45, 2.75) is 50.8 Å². The van der Waals surface area contributed by atoms with Gasteiger partial charge in [0.15, 0.2) is 5.17 Å². The Balaban J connectivity index is 1.41. The molecule has 0 saturated heterocycles. The molecule has 1 aromatic heterocycles. The first-order chi connectivity index (χ1) is 14.3. The molecular weight excluding hydrogens is 464 g/mol. The molecule has 2 aliphatic rings. The highest BCUT2D eigenvalue weighted by molar-refractivity contribution is 9.10. The molecule has 3 heterocycles. The number of carbonyl (C=O) groups excluding carboxylic acids is 1. The predicted molar refractivity (Wildman–Crippen MR) is 124 cm³/mol. The van der Waals surface area contributed by atoms with E-state index in [1.54, 1.807) is 24.0 Å². The number of amides is 1. The molecule has 30 heavy (non-hydrogen) atoms. The Kier molecular flexibility index (Phi) is 6.06. The van der Waals surface area contributed by atoms with E-state index in [9.17, 15) is 4.79 Å². The van der Waals surface area contributed by atoms with Gasteiger partial charge in [-0.3, -0.25) is 14.8 Å². The lowest BCUT2D eigenvalue weighted by atomic mass is 9.82. The number of pyridine rings is 1. The van der Waals surface area contributed by atoms with Crippen LogP contribution < -0.4 is 15.8 Å². The van der Waals surface area contributed by atoms with E-state index < -0.39 is 0 Å². The van der Waals surface area contributed by atoms with E-state index in [-0.39, 0.29) is 23.6 Å². The average molecular weight is 489 g/mol. The summed E-state index contributed by atoms with van der Waals surface area (Å²) in [4.78, 5) is 21.4. The van der Waals surface area contributed by atoms with Crippen LogP contribution in [0.3, 0.4) is 0 Å². The number of nitrogens with two attached hydrogens (primary N) is 1. The van der Waals surface area contributed by atoms with Crippen LogP contribution in [-0.2, 0) is 5.54 Å². The standard InChI is InChI=1S/C22H25BrN4O2S/c1-13-3-5-15(11-25-13)20(28)26-14(2)4-7-17-10-22(12-30-21(24)27-22)18-9-16(23)6-8-19(18)29-17/h3,5-6,8-9,11,14,17H,4,7,10,12H2,1-2H3,(H2,24,27)(H,26,28)/t14?,17-,22?/m0/s1. The summed E-state index contributed by atoms with van der Waals surface area (Å²) in [6.45, 7) is 3.92. The summed E-state index contributed by atoms with van der Waals surface area (Å²) in [7, 11) is 0. The molecule has 1 amide bonds. The zero-order valence-corrected chi connectivity index (χ0v) is 19.4. The van der Waals surface area contributed by atoms with Gasteiger partial charge >= 0.3 is 0 Å². The molecule has 158 valence electrons. The highest BCUT2D eigenvalue weighted by Gasteiger charge is 2.45. The van der Waals surface area contributed by atoms with Crippen LogP contribution in [0.1, 0.15) is 47.8 Å². The molecule has 4 rings (SSSR count). The molecule has 0 bridgehead atoms. The fourth-order valence-corrected chi connectivity index (χ4v) is 5.29. The number of aliphatic imine (C=N–C) groups is 1. The van der Waals surface area contributed by atoms with Gasteiger partial charge < -0.3 is 15.8 Å². The summed E-state index contributed by atoms with van der Waals surface area (Å²) in [5.41, 5.74) is 8.25. The van der Waals surface area contributed by atoms with Gasteiger partial charge in [0, 0.05) is 40.1 Å². The van der Waals surface area contributed by atoms with Crippen LogP contribution in [0.2, 0.25) is 0 Å². The van der Waals surface area contributed by atoms with E-state index in [1.165, 1.54) is 0 Å². The number of nitrogens with zero attached hydrogens (tertiary/aromatic N) is 2. The van der Waals surface area contributed by atoms with Gasteiger partial charge in [0.2, 0.25) is 0 Å². The van der Waals surface area contributed by atoms with Crippen LogP contribution in [0.4, 0.5) is 0 Å². The summed E-state index contributed by atoms with van der Waals surface area (Å²) in [5.74, 6) is 1.60. The fraction of sp³-hybridized carbons (Fsp3) is 0.409. The van der Waals surface area contributed by atoms with Gasteiger partial charge in [-0.1, -0.05) is 27.7 Å². The molecule has 2 aliphatic heterocycles. The van der Waals surface area contributed by atoms with Gasteiger partial charge in [-0.05, 0) is 57.0 Å². The van der Waals surface area contributed by atoms with E-state index in [0.29, 0.717) is 10.7 Å². The lowest BCUT2D eigenvalue weighted by Gasteiger charge is -2.38. The highest BCUT2D eigenvalue weighted by atomic mass is 79.9. The third-order valence-electron chi connectivity index (χ3n) is 5.56. The van der Waals surface area contributed by atoms with Crippen molar-refractivity contribution in [1.29, 1.82) is 0 Å². The van der Waals surface area contributed by atoms with Gasteiger partial charge in [0.05, 0.1) is 5.56 Å². The Labute approximate surface area is 189 Å². The van der Waals surface area contributed by atoms with E-state index in [0.717, 1.165) is 46.5 Å². The first-order valence-electron chi connectivity index (χ1n) is 10.0. The van der Waals surface area contributed by atoms with Crippen LogP contribution in [-0.4, -0.2) is 34.0 Å². The molecule has 0 radical (unpaired) electrons. The number of halogens is 1. The number of ether oxygens (including phenoxy) is 1. The number of hydrogen-bond donors (Lipinski definition) is 2. The molecule has 6 nitrogen and oxygen atoms in total. The van der Waals surface area contributed by atoms with Crippen LogP contribution >= 0.6 is 27.7 Å². The number of aromatic nitrogens is 1. The Morgan fingerprint density at radius 2 is 2.27 bits per heavy atom. The van der Waals surface area contributed by atoms with Crippen molar-refractivity contribution in [3.8, 4) is 5.75 Å². The average Bonchev–Trinajstić information content (AvgIpc) is 3.08. The second kappa shape index (κ2) is 8.59. The zero-order valence-electron chi connectivity index (χ0n) is 17.0. The summed E-state index contributed by atoms with van der Waals surface area (Å²) < 4.78 is 7.31. The minimum atomic E-state index is -0.336. The molecule has 1 spiro atoms. The predicted octanol–water partition coefficient (Wildman–Crippen LogP) is 4.16. The number of thioether (sulfide) groups is 1. The molecular formula is C22H25BrN4O2S. The molecule has 3 atom stereocenters. The minimum Gasteiger partial charge on any atom is -0.490 e. The van der Waals surface area contributed by atoms with Crippen molar-refractivity contribution in [3.63, 3.8) is 0 Å². The molecule has 0 fully saturated rings. The van der Waals surface area contributed by atoms with Gasteiger partial charge in [-0.2, -0.15) is 0 Å². The third kappa shape index (κ3) is 4.49. The Morgan fingerprint density at radius 3 is 2.97 bits per heavy atom. The largest absolute Gasteiger partial charge is 0.490 e. The highest BCUT2D eigenvalue weighted by Crippen LogP contribution is 2.48. The van der Waals surface area contributed by atoms with Crippen LogP contribution in [0.15, 0.2) is 46.0 Å². The van der Waals surface area contributed by atoms with Crippen LogP contribution in [0.25, 0.3) is 0 Å². The number of benzene rings is 1. The molecule has 2 unspecified atom stereocenters. The second-order valence-corrected chi connectivity index (χ2v) is 9.91. The zero-order chi connectivity index (χ0) is 21.3. The van der Waals surface area contributed by atoms with E-state index in [1.807, 2.05) is 32.0 Å². The lowest BCUT2D eigenvalue weighted by Crippen LogP contribution is -2.39. The molecule has 8 heteroatoms. The maximum atomic E-state index is 12.4. The minimum absolute atomic E-state index is 0.0225. The summed E-state index contributed by atoms with van der Waals surface area (Å²) in [6, 6.07) is 9.74. The van der Waals surface area contributed by atoms with Crippen molar-refractivity contribution in [1.82, 2.24) is 10.3 Å². The fourth-order valence-electron chi connectivity index (χ4n) is 3.97. The summed E-state index contributed by atoms with van der Waals surface area (Å²) >= 11 is 5.16. The molecule has 1 aromatic carbocycles. The van der Waals surface area contributed by atoms with E-state index in [4.69, 9.17) is 15.5 Å². The van der Waals surface area contributed by atoms with Gasteiger partial charge in [-0.15, -0.1) is 0 Å². The maximum Gasteiger partial charge on any atom is 0.253 e. The van der Waals surface area contributed by atoms with E-state index >= 15 is 0 Å². The monoisotopic (exact) mass is 488 g/mol. The van der Waals surface area contributed by atoms with Crippen molar-refractivity contribution >= 4 is 38.8 Å². The Bertz CT molecular complexity index is 982. The number of amidine groups is 1. The quantitative estimate of drug-likeness (QED) is 0.659. The third-order valence-corrected chi connectivity index (χ3v) is 7.06. The molecule has 0 saturated carbocycles. The number of carbonyl (C=O) groups is 1. The summed E-state index contributed by atoms with van der Waals surface area (Å²) in [6.07, 6.45) is 4.05. The van der Waals surface area contributed by atoms with Gasteiger partial charge in [-0.25, -0.2) is 0 Å². The smallest absolute Gasteiger partial charge is 0.253 e. The van der Waals surface area contributed by atoms with Crippen molar-refractivity contribution in [2.24, 2.45) is 10.7 Å². The number of fused-ring (bicyclic) bond motifs is 2. The number of aryl methyl sites for hydroxylation is 1. The van der Waals surface area contributed by atoms with Crippen LogP contribution in [0, 0.1) is 6.92 Å². The number of rotatable bonds is 5. The number of nitrogens with one attached hydrogen (secondary N) is 1. The topological polar surface area (TPSA) is 89.6 Å². The normalized spacial score (nSPS) is 23.4. The first-order valence-corrected chi connectivity index (χ1v) is 11.8. The second-order valence-electron chi connectivity index (χ2n) is 7.99. The first kappa shape index (κ1) is 21.2. The Hall–Kier alpha value is -2.06. The van der Waals surface area contributed by atoms with Gasteiger partial charge in [0.25, 0.3) is 5.91 Å². The molecule has 0 aliphatic carbocycles. The lowest BCUT2D eigenvalue weighted by molar-refractivity contribution is 0.0922. The maximum absolute atomic E-state index is 12.4. The van der Waals surface area contributed by atoms with Crippen molar-refractivity contribution < 1.29 is 9.53 Å². The van der Waals surface area contributed by atoms with Crippen molar-refractivity contribution in [3.05, 3.63) is 57.8 Å².